The van der Waals surface area contributed by atoms with E-state index in [1.54, 1.807) is 13.1 Å². The van der Waals surface area contributed by atoms with E-state index in [1.807, 2.05) is 0 Å². The Bertz CT molecular complexity index is 513. The summed E-state index contributed by atoms with van der Waals surface area (Å²) in [5, 5.41) is 14.5. The van der Waals surface area contributed by atoms with Crippen LogP contribution in [-0.2, 0) is 0 Å². The lowest BCUT2D eigenvalue weighted by Gasteiger charge is -2.37. The quantitative estimate of drug-likeness (QED) is 0.736. The lowest BCUT2D eigenvalue weighted by molar-refractivity contribution is 0.190. The molecule has 1 amide bonds. The Morgan fingerprint density at radius 1 is 1.52 bits per heavy atom. The van der Waals surface area contributed by atoms with E-state index in [9.17, 15) is 4.79 Å². The topological polar surface area (TPSA) is 90.4 Å². The smallest absolute Gasteiger partial charge is 0.404 e. The minimum atomic E-state index is -0.984. The molecule has 0 spiro atoms. The summed E-state index contributed by atoms with van der Waals surface area (Å²) in [6, 6.07) is 1.74. The zero-order valence-corrected chi connectivity index (χ0v) is 12.9. The van der Waals surface area contributed by atoms with Crippen LogP contribution in [0.5, 0.6) is 0 Å². The molecule has 7 nitrogen and oxygen atoms in total. The molecule has 0 aliphatic carbocycles. The van der Waals surface area contributed by atoms with Crippen LogP contribution in [0.4, 0.5) is 16.6 Å². The van der Waals surface area contributed by atoms with E-state index in [1.165, 1.54) is 0 Å². The number of carbonyl (C=O) groups is 1. The molecule has 0 aromatic carbocycles. The molecule has 1 aliphatic rings. The molecule has 8 heteroatoms. The van der Waals surface area contributed by atoms with E-state index in [0.717, 1.165) is 25.3 Å². The van der Waals surface area contributed by atoms with Crippen molar-refractivity contribution in [2.45, 2.75) is 13.3 Å². The molecule has 2 rings (SSSR count). The maximum Gasteiger partial charge on any atom is 0.404 e. The average Bonchev–Trinajstić information content (AvgIpc) is 2.43. The summed E-state index contributed by atoms with van der Waals surface area (Å²) in [5.41, 5.74) is 0. The number of nitrogens with one attached hydrogen (secondary N) is 2. The summed E-state index contributed by atoms with van der Waals surface area (Å²) < 4.78 is 0. The highest BCUT2D eigenvalue weighted by Gasteiger charge is 2.26. The fourth-order valence-corrected chi connectivity index (χ4v) is 2.90. The third-order valence-electron chi connectivity index (χ3n) is 3.52. The molecule has 0 saturated carbocycles. The van der Waals surface area contributed by atoms with Crippen molar-refractivity contribution >= 4 is 29.5 Å². The molecule has 1 fully saturated rings. The summed E-state index contributed by atoms with van der Waals surface area (Å²) in [4.78, 5) is 21.3. The number of nitrogens with zero attached hydrogens (tertiary/aromatic N) is 3. The van der Waals surface area contributed by atoms with Crippen LogP contribution in [0.25, 0.3) is 0 Å². The van der Waals surface area contributed by atoms with Crippen LogP contribution >= 0.6 is 11.6 Å². The maximum atomic E-state index is 10.6. The molecule has 1 aliphatic heterocycles. The number of carboxylic acid groups (broad SMARTS) is 1. The van der Waals surface area contributed by atoms with Gasteiger partial charge in [0.15, 0.2) is 0 Å². The fraction of sp³-hybridized carbons (Fsp3) is 0.615. The molecule has 21 heavy (non-hydrogen) atoms. The first-order valence-corrected chi connectivity index (χ1v) is 7.29. The number of anilines is 2. The highest BCUT2D eigenvalue weighted by atomic mass is 35.5. The van der Waals surface area contributed by atoms with Gasteiger partial charge in [0, 0.05) is 32.7 Å². The van der Waals surface area contributed by atoms with Gasteiger partial charge in [0.25, 0.3) is 0 Å². The molecule has 1 aromatic heterocycles. The third-order valence-corrected chi connectivity index (χ3v) is 3.71. The van der Waals surface area contributed by atoms with Crippen LogP contribution < -0.4 is 15.5 Å². The molecule has 2 heterocycles. The number of piperidine rings is 1. The Kier molecular flexibility index (Phi) is 5.06. The van der Waals surface area contributed by atoms with Gasteiger partial charge in [-0.1, -0.05) is 18.5 Å². The first-order chi connectivity index (χ1) is 9.97. The molecule has 2 atom stereocenters. The Morgan fingerprint density at radius 2 is 2.29 bits per heavy atom. The second-order valence-corrected chi connectivity index (χ2v) is 5.81. The first kappa shape index (κ1) is 15.6. The van der Waals surface area contributed by atoms with E-state index in [-0.39, 0.29) is 5.92 Å². The number of rotatable bonds is 4. The molecular weight excluding hydrogens is 294 g/mol. The predicted molar refractivity (Wildman–Crippen MR) is 82.1 cm³/mol. The van der Waals surface area contributed by atoms with Crippen LogP contribution in [0.15, 0.2) is 6.07 Å². The van der Waals surface area contributed by atoms with Crippen LogP contribution in [-0.4, -0.2) is 47.8 Å². The van der Waals surface area contributed by atoms with Crippen LogP contribution in [0, 0.1) is 11.8 Å². The molecule has 1 saturated heterocycles. The van der Waals surface area contributed by atoms with Gasteiger partial charge in [-0.3, -0.25) is 0 Å². The predicted octanol–water partition coefficient (Wildman–Crippen LogP) is 1.90. The van der Waals surface area contributed by atoms with Crippen molar-refractivity contribution in [2.24, 2.45) is 11.8 Å². The Balaban J connectivity index is 2.11. The Morgan fingerprint density at radius 3 is 2.95 bits per heavy atom. The van der Waals surface area contributed by atoms with E-state index >= 15 is 0 Å². The van der Waals surface area contributed by atoms with Crippen molar-refractivity contribution in [3.63, 3.8) is 0 Å². The first-order valence-electron chi connectivity index (χ1n) is 6.92. The summed E-state index contributed by atoms with van der Waals surface area (Å²) in [6.07, 6.45) is 0.0106. The number of halogens is 1. The average molecular weight is 314 g/mol. The monoisotopic (exact) mass is 313 g/mol. The lowest BCUT2D eigenvalue weighted by atomic mass is 9.90. The second-order valence-electron chi connectivity index (χ2n) is 5.42. The van der Waals surface area contributed by atoms with Crippen molar-refractivity contribution in [2.75, 3.05) is 36.9 Å². The summed E-state index contributed by atoms with van der Waals surface area (Å²) in [7, 11) is 1.74. The van der Waals surface area contributed by atoms with Crippen molar-refractivity contribution in [3.05, 3.63) is 11.2 Å². The van der Waals surface area contributed by atoms with Gasteiger partial charge in [-0.15, -0.1) is 0 Å². The van der Waals surface area contributed by atoms with E-state index in [0.29, 0.717) is 23.6 Å². The zero-order chi connectivity index (χ0) is 15.4. The fourth-order valence-electron chi connectivity index (χ4n) is 2.73. The molecule has 0 bridgehead atoms. The Hall–Kier alpha value is -1.76. The lowest BCUT2D eigenvalue weighted by Crippen LogP contribution is -2.44. The molecule has 3 N–H and O–H groups in total. The second kappa shape index (κ2) is 6.80. The molecular formula is C13H20ClN5O2. The zero-order valence-electron chi connectivity index (χ0n) is 12.1. The van der Waals surface area contributed by atoms with E-state index in [4.69, 9.17) is 16.7 Å². The summed E-state index contributed by atoms with van der Waals surface area (Å²) in [5.74, 6) is 1.98. The van der Waals surface area contributed by atoms with Gasteiger partial charge in [0.1, 0.15) is 11.0 Å². The Labute approximate surface area is 128 Å². The number of hydrogen-bond acceptors (Lipinski definition) is 5. The number of amides is 1. The van der Waals surface area contributed by atoms with Gasteiger partial charge in [0.2, 0.25) is 5.95 Å². The van der Waals surface area contributed by atoms with Crippen LogP contribution in [0.3, 0.4) is 0 Å². The normalized spacial score (nSPS) is 22.0. The maximum absolute atomic E-state index is 10.6. The highest BCUT2D eigenvalue weighted by Crippen LogP contribution is 2.27. The van der Waals surface area contributed by atoms with E-state index < -0.39 is 6.09 Å². The van der Waals surface area contributed by atoms with Crippen molar-refractivity contribution in [1.29, 1.82) is 0 Å². The van der Waals surface area contributed by atoms with Crippen molar-refractivity contribution in [1.82, 2.24) is 15.3 Å². The molecule has 0 unspecified atom stereocenters. The summed E-state index contributed by atoms with van der Waals surface area (Å²) in [6.45, 7) is 4.23. The SMILES string of the molecule is CNc1nc(Cl)cc(N2C[C@H](C)C[C@H](CNC(=O)O)C2)n1. The molecule has 0 radical (unpaired) electrons. The van der Waals surface area contributed by atoms with Crippen LogP contribution in [0.1, 0.15) is 13.3 Å². The summed E-state index contributed by atoms with van der Waals surface area (Å²) >= 11 is 6.02. The number of hydrogen-bond donors (Lipinski definition) is 3. The van der Waals surface area contributed by atoms with Gasteiger partial charge < -0.3 is 20.6 Å². The largest absolute Gasteiger partial charge is 0.465 e. The van der Waals surface area contributed by atoms with Gasteiger partial charge in [-0.2, -0.15) is 4.98 Å². The number of aromatic nitrogens is 2. The minimum absolute atomic E-state index is 0.261. The van der Waals surface area contributed by atoms with E-state index in [2.05, 4.69) is 32.4 Å². The van der Waals surface area contributed by atoms with Crippen LogP contribution in [0.2, 0.25) is 5.15 Å². The standard InChI is InChI=1S/C13H20ClN5O2/c1-8-3-9(5-16-13(20)21)7-19(6-8)11-4-10(14)17-12(15-2)18-11/h4,8-9,16H,3,5-7H2,1-2H3,(H,20,21)(H,15,17,18)/t8-,9-/m1/s1. The highest BCUT2D eigenvalue weighted by molar-refractivity contribution is 6.29. The van der Waals surface area contributed by atoms with Crippen molar-refractivity contribution in [3.8, 4) is 0 Å². The van der Waals surface area contributed by atoms with Gasteiger partial charge in [-0.05, 0) is 18.3 Å². The molecule has 1 aromatic rings. The van der Waals surface area contributed by atoms with Gasteiger partial charge >= 0.3 is 6.09 Å². The van der Waals surface area contributed by atoms with Gasteiger partial charge in [0.05, 0.1) is 0 Å². The molecule has 116 valence electrons. The van der Waals surface area contributed by atoms with Crippen molar-refractivity contribution < 1.29 is 9.90 Å². The third kappa shape index (κ3) is 4.35. The van der Waals surface area contributed by atoms with Gasteiger partial charge in [-0.25, -0.2) is 9.78 Å². The minimum Gasteiger partial charge on any atom is -0.465 e.